The molecular formula is C16H14BrClN2O4. The summed E-state index contributed by atoms with van der Waals surface area (Å²) in [6, 6.07) is 7.84. The zero-order valence-electron chi connectivity index (χ0n) is 12.8. The number of halogens is 2. The van der Waals surface area contributed by atoms with Crippen LogP contribution in [0.15, 0.2) is 39.9 Å². The van der Waals surface area contributed by atoms with Crippen LogP contribution >= 0.6 is 27.5 Å². The molecule has 2 N–H and O–H groups in total. The average Bonchev–Trinajstić information content (AvgIpc) is 2.58. The third-order valence-electron chi connectivity index (χ3n) is 3.04. The van der Waals surface area contributed by atoms with Crippen molar-refractivity contribution in [1.82, 2.24) is 5.43 Å². The smallest absolute Gasteiger partial charge is 0.271 e. The van der Waals surface area contributed by atoms with Crippen LogP contribution in [0.25, 0.3) is 0 Å². The molecule has 0 aromatic heterocycles. The van der Waals surface area contributed by atoms with Gasteiger partial charge in [-0.05, 0) is 40.2 Å². The number of phenols is 1. The first kappa shape index (κ1) is 18.1. The molecule has 8 heteroatoms. The SMILES string of the molecule is COc1cc(OC)cc(C(=O)N/N=C\c2cc(Cl)cc(Br)c2O)c1. The molecule has 0 heterocycles. The topological polar surface area (TPSA) is 80.2 Å². The highest BCUT2D eigenvalue weighted by Crippen LogP contribution is 2.30. The van der Waals surface area contributed by atoms with Crippen molar-refractivity contribution >= 4 is 39.7 Å². The Kier molecular flexibility index (Phi) is 6.05. The Morgan fingerprint density at radius 2 is 1.83 bits per heavy atom. The summed E-state index contributed by atoms with van der Waals surface area (Å²) >= 11 is 9.08. The van der Waals surface area contributed by atoms with E-state index in [0.717, 1.165) is 0 Å². The number of methoxy groups -OCH3 is 2. The standard InChI is InChI=1S/C16H14BrClN2O4/c1-23-12-4-9(5-13(7-12)24-2)16(22)20-19-8-10-3-11(18)6-14(17)15(10)21/h3-8,21H,1-2H3,(H,20,22)/b19-8-. The van der Waals surface area contributed by atoms with Gasteiger partial charge in [-0.25, -0.2) is 5.43 Å². The van der Waals surface area contributed by atoms with Gasteiger partial charge in [-0.1, -0.05) is 11.6 Å². The maximum atomic E-state index is 12.2. The first-order chi connectivity index (χ1) is 11.4. The zero-order valence-corrected chi connectivity index (χ0v) is 15.2. The molecule has 0 unspecified atom stereocenters. The molecule has 0 aliphatic heterocycles. The van der Waals surface area contributed by atoms with Crippen molar-refractivity contribution < 1.29 is 19.4 Å². The minimum atomic E-state index is -0.455. The summed E-state index contributed by atoms with van der Waals surface area (Å²) in [5.74, 6) is 0.490. The van der Waals surface area contributed by atoms with E-state index in [4.69, 9.17) is 21.1 Å². The highest BCUT2D eigenvalue weighted by atomic mass is 79.9. The lowest BCUT2D eigenvalue weighted by Gasteiger charge is -2.07. The average molecular weight is 414 g/mol. The fourth-order valence-electron chi connectivity index (χ4n) is 1.85. The Hall–Kier alpha value is -2.25. The van der Waals surface area contributed by atoms with Crippen molar-refractivity contribution in [2.75, 3.05) is 14.2 Å². The van der Waals surface area contributed by atoms with Crippen LogP contribution in [-0.4, -0.2) is 31.4 Å². The molecule has 1 amide bonds. The van der Waals surface area contributed by atoms with Gasteiger partial charge in [0.2, 0.25) is 0 Å². The van der Waals surface area contributed by atoms with Crippen LogP contribution in [0.1, 0.15) is 15.9 Å². The minimum absolute atomic E-state index is 0.0274. The lowest BCUT2D eigenvalue weighted by atomic mass is 10.2. The number of benzene rings is 2. The lowest BCUT2D eigenvalue weighted by Crippen LogP contribution is -2.17. The van der Waals surface area contributed by atoms with Crippen molar-refractivity contribution in [3.05, 3.63) is 51.0 Å². The summed E-state index contributed by atoms with van der Waals surface area (Å²) in [6.07, 6.45) is 1.29. The number of nitrogens with one attached hydrogen (secondary N) is 1. The van der Waals surface area contributed by atoms with E-state index in [9.17, 15) is 9.90 Å². The Bertz CT molecular complexity index is 774. The summed E-state index contributed by atoms with van der Waals surface area (Å²) in [5, 5.41) is 14.1. The van der Waals surface area contributed by atoms with Gasteiger partial charge < -0.3 is 14.6 Å². The van der Waals surface area contributed by atoms with Gasteiger partial charge in [0.05, 0.1) is 24.9 Å². The maximum absolute atomic E-state index is 12.2. The van der Waals surface area contributed by atoms with Gasteiger partial charge in [0.25, 0.3) is 5.91 Å². The zero-order chi connectivity index (χ0) is 17.7. The van der Waals surface area contributed by atoms with E-state index in [-0.39, 0.29) is 5.75 Å². The van der Waals surface area contributed by atoms with Crippen molar-refractivity contribution in [3.8, 4) is 17.2 Å². The largest absolute Gasteiger partial charge is 0.506 e. The molecule has 126 valence electrons. The third-order valence-corrected chi connectivity index (χ3v) is 3.86. The molecule has 0 radical (unpaired) electrons. The van der Waals surface area contributed by atoms with Gasteiger partial charge in [0.15, 0.2) is 0 Å². The van der Waals surface area contributed by atoms with Gasteiger partial charge in [-0.15, -0.1) is 0 Å². The lowest BCUT2D eigenvalue weighted by molar-refractivity contribution is 0.0954. The Labute approximate surface area is 152 Å². The maximum Gasteiger partial charge on any atom is 0.271 e. The van der Waals surface area contributed by atoms with E-state index in [1.165, 1.54) is 26.5 Å². The van der Waals surface area contributed by atoms with E-state index in [1.54, 1.807) is 24.3 Å². The molecule has 0 spiro atoms. The molecule has 0 saturated heterocycles. The summed E-state index contributed by atoms with van der Waals surface area (Å²) in [5.41, 5.74) is 3.04. The summed E-state index contributed by atoms with van der Waals surface area (Å²) in [7, 11) is 2.99. The number of amides is 1. The van der Waals surface area contributed by atoms with Gasteiger partial charge in [-0.2, -0.15) is 5.10 Å². The number of carbonyl (C=O) groups is 1. The Balaban J connectivity index is 2.16. The van der Waals surface area contributed by atoms with E-state index in [2.05, 4.69) is 26.5 Å². The van der Waals surface area contributed by atoms with Crippen molar-refractivity contribution in [2.24, 2.45) is 5.10 Å². The molecule has 0 atom stereocenters. The van der Waals surface area contributed by atoms with Crippen LogP contribution in [-0.2, 0) is 0 Å². The number of ether oxygens (including phenoxy) is 2. The van der Waals surface area contributed by atoms with Crippen molar-refractivity contribution in [2.45, 2.75) is 0 Å². The number of nitrogens with zero attached hydrogens (tertiary/aromatic N) is 1. The molecule has 2 aromatic carbocycles. The minimum Gasteiger partial charge on any atom is -0.506 e. The fourth-order valence-corrected chi connectivity index (χ4v) is 2.68. The van der Waals surface area contributed by atoms with Crippen molar-refractivity contribution in [3.63, 3.8) is 0 Å². The number of hydrogen-bond acceptors (Lipinski definition) is 5. The normalized spacial score (nSPS) is 10.7. The van der Waals surface area contributed by atoms with E-state index >= 15 is 0 Å². The predicted octanol–water partition coefficient (Wildman–Crippen LogP) is 3.59. The molecule has 24 heavy (non-hydrogen) atoms. The van der Waals surface area contributed by atoms with Crippen molar-refractivity contribution in [1.29, 1.82) is 0 Å². The second kappa shape index (κ2) is 8.03. The van der Waals surface area contributed by atoms with Gasteiger partial charge in [-0.3, -0.25) is 4.79 Å². The molecule has 0 saturated carbocycles. The van der Waals surface area contributed by atoms with Gasteiger partial charge in [0.1, 0.15) is 17.2 Å². The number of carbonyl (C=O) groups excluding carboxylic acids is 1. The number of hydrogen-bond donors (Lipinski definition) is 2. The number of rotatable bonds is 5. The van der Waals surface area contributed by atoms with Gasteiger partial charge in [0, 0.05) is 22.2 Å². The van der Waals surface area contributed by atoms with Crippen LogP contribution in [0.3, 0.4) is 0 Å². The second-order valence-corrected chi connectivity index (χ2v) is 5.92. The first-order valence-corrected chi connectivity index (χ1v) is 7.86. The highest BCUT2D eigenvalue weighted by Gasteiger charge is 2.10. The summed E-state index contributed by atoms with van der Waals surface area (Å²) < 4.78 is 10.7. The molecule has 0 fully saturated rings. The van der Waals surface area contributed by atoms with Crippen LogP contribution in [0, 0.1) is 0 Å². The predicted molar refractivity (Wildman–Crippen MR) is 95.4 cm³/mol. The van der Waals surface area contributed by atoms with Gasteiger partial charge >= 0.3 is 0 Å². The van der Waals surface area contributed by atoms with Crippen LogP contribution in [0.4, 0.5) is 0 Å². The summed E-state index contributed by atoms with van der Waals surface area (Å²) in [4.78, 5) is 12.2. The van der Waals surface area contributed by atoms with E-state index in [1.807, 2.05) is 0 Å². The number of aromatic hydroxyl groups is 1. The first-order valence-electron chi connectivity index (χ1n) is 6.69. The second-order valence-electron chi connectivity index (χ2n) is 4.63. The molecule has 0 aliphatic carbocycles. The van der Waals surface area contributed by atoms with Crippen LogP contribution < -0.4 is 14.9 Å². The molecular weight excluding hydrogens is 400 g/mol. The molecule has 2 rings (SSSR count). The third kappa shape index (κ3) is 4.39. The Morgan fingerprint density at radius 1 is 1.21 bits per heavy atom. The van der Waals surface area contributed by atoms with E-state index in [0.29, 0.717) is 32.1 Å². The van der Waals surface area contributed by atoms with E-state index < -0.39 is 5.91 Å². The molecule has 2 aromatic rings. The fraction of sp³-hybridized carbons (Fsp3) is 0.125. The van der Waals surface area contributed by atoms with Crippen LogP contribution in [0.5, 0.6) is 17.2 Å². The highest BCUT2D eigenvalue weighted by molar-refractivity contribution is 9.10. The molecule has 0 aliphatic rings. The monoisotopic (exact) mass is 412 g/mol. The number of phenolic OH excluding ortho intramolecular Hbond substituents is 1. The number of hydrazone groups is 1. The Morgan fingerprint density at radius 3 is 2.42 bits per heavy atom. The summed E-state index contributed by atoms with van der Waals surface area (Å²) in [6.45, 7) is 0. The molecule has 6 nitrogen and oxygen atoms in total. The quantitative estimate of drug-likeness (QED) is 0.580. The molecule has 0 bridgehead atoms. The van der Waals surface area contributed by atoms with Crippen LogP contribution in [0.2, 0.25) is 5.02 Å².